The van der Waals surface area contributed by atoms with E-state index in [9.17, 15) is 0 Å². The number of nitrogens with one attached hydrogen (secondary N) is 1. The quantitative estimate of drug-likeness (QED) is 0.647. The Hall–Kier alpha value is -0.0400. The minimum Gasteiger partial charge on any atom is -0.312 e. The molecular weight excluding hydrogens is 146 g/mol. The summed E-state index contributed by atoms with van der Waals surface area (Å²) in [7, 11) is 0. The minimum atomic E-state index is 0.620. The Morgan fingerprint density at radius 2 is 1.67 bits per heavy atom. The molecule has 0 fully saturated rings. The van der Waals surface area contributed by atoms with Gasteiger partial charge in [-0.1, -0.05) is 41.0 Å². The lowest BCUT2D eigenvalue weighted by Gasteiger charge is -2.25. The van der Waals surface area contributed by atoms with E-state index in [1.165, 1.54) is 19.3 Å². The molecule has 0 heterocycles. The van der Waals surface area contributed by atoms with Gasteiger partial charge in [-0.05, 0) is 18.8 Å². The third-order valence-electron chi connectivity index (χ3n) is 2.42. The Bertz CT molecular complexity index is 99.2. The first-order valence-electron chi connectivity index (χ1n) is 5.37. The molecule has 74 valence electrons. The minimum absolute atomic E-state index is 0.620. The lowest BCUT2D eigenvalue weighted by atomic mass is 9.94. The maximum absolute atomic E-state index is 3.61. The summed E-state index contributed by atoms with van der Waals surface area (Å²) < 4.78 is 0. The molecule has 1 N–H and O–H groups in total. The topological polar surface area (TPSA) is 12.0 Å². The number of hydrogen-bond acceptors (Lipinski definition) is 1. The van der Waals surface area contributed by atoms with E-state index in [1.54, 1.807) is 0 Å². The zero-order chi connectivity index (χ0) is 9.56. The lowest BCUT2D eigenvalue weighted by molar-refractivity contribution is 0.325. The highest BCUT2D eigenvalue weighted by Crippen LogP contribution is 2.13. The number of rotatable bonds is 6. The highest BCUT2D eigenvalue weighted by molar-refractivity contribution is 4.73. The van der Waals surface area contributed by atoms with Gasteiger partial charge in [-0.15, -0.1) is 0 Å². The van der Waals surface area contributed by atoms with Crippen LogP contribution in [0.2, 0.25) is 0 Å². The second-order valence-corrected chi connectivity index (χ2v) is 4.10. The van der Waals surface area contributed by atoms with E-state index in [0.29, 0.717) is 12.1 Å². The smallest absolute Gasteiger partial charge is 0.00924 e. The highest BCUT2D eigenvalue weighted by atomic mass is 14.9. The predicted octanol–water partition coefficient (Wildman–Crippen LogP) is 3.20. The molecule has 2 atom stereocenters. The Morgan fingerprint density at radius 1 is 1.08 bits per heavy atom. The molecule has 2 unspecified atom stereocenters. The molecule has 0 aliphatic heterocycles. The molecule has 0 saturated carbocycles. The van der Waals surface area contributed by atoms with Gasteiger partial charge in [0.2, 0.25) is 0 Å². The van der Waals surface area contributed by atoms with E-state index in [4.69, 9.17) is 0 Å². The van der Waals surface area contributed by atoms with Gasteiger partial charge < -0.3 is 5.32 Å². The third kappa shape index (κ3) is 4.76. The first-order valence-corrected chi connectivity index (χ1v) is 5.37. The SMILES string of the molecule is CCCC(C)C(CC)NC(C)C. The van der Waals surface area contributed by atoms with Crippen LogP contribution in [0.3, 0.4) is 0 Å². The van der Waals surface area contributed by atoms with Crippen LogP contribution in [0.15, 0.2) is 0 Å². The van der Waals surface area contributed by atoms with Crippen molar-refractivity contribution < 1.29 is 0 Å². The van der Waals surface area contributed by atoms with Gasteiger partial charge in [0.15, 0.2) is 0 Å². The monoisotopic (exact) mass is 171 g/mol. The zero-order valence-corrected chi connectivity index (χ0v) is 9.35. The molecule has 0 aliphatic carbocycles. The van der Waals surface area contributed by atoms with Gasteiger partial charge >= 0.3 is 0 Å². The van der Waals surface area contributed by atoms with Crippen molar-refractivity contribution in [2.24, 2.45) is 5.92 Å². The van der Waals surface area contributed by atoms with Crippen LogP contribution in [0, 0.1) is 5.92 Å². The van der Waals surface area contributed by atoms with Crippen LogP contribution in [0.25, 0.3) is 0 Å². The lowest BCUT2D eigenvalue weighted by Crippen LogP contribution is -2.38. The molecular formula is C11H25N. The zero-order valence-electron chi connectivity index (χ0n) is 9.35. The van der Waals surface area contributed by atoms with Crippen LogP contribution < -0.4 is 5.32 Å². The standard InChI is InChI=1S/C11H25N/c1-6-8-10(5)11(7-2)12-9(3)4/h9-12H,6-8H2,1-5H3. The molecule has 0 aromatic heterocycles. The van der Waals surface area contributed by atoms with E-state index < -0.39 is 0 Å². The Labute approximate surface area is 77.9 Å². The fourth-order valence-electron chi connectivity index (χ4n) is 1.77. The van der Waals surface area contributed by atoms with Crippen molar-refractivity contribution in [3.63, 3.8) is 0 Å². The van der Waals surface area contributed by atoms with E-state index in [-0.39, 0.29) is 0 Å². The van der Waals surface area contributed by atoms with Crippen LogP contribution >= 0.6 is 0 Å². The van der Waals surface area contributed by atoms with Gasteiger partial charge in [0.05, 0.1) is 0 Å². The van der Waals surface area contributed by atoms with E-state index in [2.05, 4.69) is 39.9 Å². The Balaban J connectivity index is 3.78. The van der Waals surface area contributed by atoms with Gasteiger partial charge in [-0.25, -0.2) is 0 Å². The molecule has 1 heteroatoms. The van der Waals surface area contributed by atoms with Crippen molar-refractivity contribution in [2.75, 3.05) is 0 Å². The normalized spacial score (nSPS) is 16.5. The average Bonchev–Trinajstić information content (AvgIpc) is 2.00. The molecule has 0 saturated heterocycles. The first-order chi connectivity index (χ1) is 5.61. The van der Waals surface area contributed by atoms with Crippen molar-refractivity contribution in [3.05, 3.63) is 0 Å². The summed E-state index contributed by atoms with van der Waals surface area (Å²) in [6.07, 6.45) is 3.90. The second-order valence-electron chi connectivity index (χ2n) is 4.10. The van der Waals surface area contributed by atoms with Crippen LogP contribution in [0.5, 0.6) is 0 Å². The van der Waals surface area contributed by atoms with Gasteiger partial charge in [0.25, 0.3) is 0 Å². The number of hydrogen-bond donors (Lipinski definition) is 1. The fourth-order valence-corrected chi connectivity index (χ4v) is 1.77. The summed E-state index contributed by atoms with van der Waals surface area (Å²) in [6.45, 7) is 11.3. The van der Waals surface area contributed by atoms with Gasteiger partial charge in [0, 0.05) is 12.1 Å². The highest BCUT2D eigenvalue weighted by Gasteiger charge is 2.14. The van der Waals surface area contributed by atoms with Crippen molar-refractivity contribution in [1.29, 1.82) is 0 Å². The molecule has 0 bridgehead atoms. The summed E-state index contributed by atoms with van der Waals surface area (Å²) in [5.74, 6) is 0.822. The van der Waals surface area contributed by atoms with E-state index in [1.807, 2.05) is 0 Å². The first kappa shape index (κ1) is 12.0. The van der Waals surface area contributed by atoms with Crippen molar-refractivity contribution in [1.82, 2.24) is 5.32 Å². The van der Waals surface area contributed by atoms with Gasteiger partial charge in [-0.2, -0.15) is 0 Å². The van der Waals surface area contributed by atoms with Gasteiger partial charge in [0.1, 0.15) is 0 Å². The van der Waals surface area contributed by atoms with Crippen LogP contribution in [0.4, 0.5) is 0 Å². The van der Waals surface area contributed by atoms with Crippen molar-refractivity contribution in [2.45, 2.75) is 66.0 Å². The molecule has 0 aliphatic rings. The maximum Gasteiger partial charge on any atom is 0.00924 e. The second kappa shape index (κ2) is 6.47. The average molecular weight is 171 g/mol. The molecule has 0 aromatic rings. The molecule has 1 nitrogen and oxygen atoms in total. The summed E-state index contributed by atoms with van der Waals surface area (Å²) >= 11 is 0. The molecule has 12 heavy (non-hydrogen) atoms. The fraction of sp³-hybridized carbons (Fsp3) is 1.00. The molecule has 0 aromatic carbocycles. The van der Waals surface area contributed by atoms with Crippen molar-refractivity contribution in [3.8, 4) is 0 Å². The molecule has 0 rings (SSSR count). The summed E-state index contributed by atoms with van der Waals surface area (Å²) in [4.78, 5) is 0. The summed E-state index contributed by atoms with van der Waals surface area (Å²) in [5, 5.41) is 3.61. The maximum atomic E-state index is 3.61. The Kier molecular flexibility index (Phi) is 6.45. The van der Waals surface area contributed by atoms with Gasteiger partial charge in [-0.3, -0.25) is 0 Å². The summed E-state index contributed by atoms with van der Waals surface area (Å²) in [5.41, 5.74) is 0. The van der Waals surface area contributed by atoms with Crippen molar-refractivity contribution >= 4 is 0 Å². The molecule has 0 amide bonds. The predicted molar refractivity (Wildman–Crippen MR) is 56.4 cm³/mol. The molecule has 0 radical (unpaired) electrons. The van der Waals surface area contributed by atoms with E-state index >= 15 is 0 Å². The van der Waals surface area contributed by atoms with Crippen LogP contribution in [-0.4, -0.2) is 12.1 Å². The molecule has 0 spiro atoms. The van der Waals surface area contributed by atoms with E-state index in [0.717, 1.165) is 5.92 Å². The van der Waals surface area contributed by atoms with Crippen LogP contribution in [0.1, 0.15) is 53.9 Å². The van der Waals surface area contributed by atoms with Crippen LogP contribution in [-0.2, 0) is 0 Å². The largest absolute Gasteiger partial charge is 0.312 e. The Morgan fingerprint density at radius 3 is 2.00 bits per heavy atom. The third-order valence-corrected chi connectivity index (χ3v) is 2.42. The summed E-state index contributed by atoms with van der Waals surface area (Å²) in [6, 6.07) is 1.33.